The Morgan fingerprint density at radius 1 is 0.455 bits per heavy atom. The Hall–Kier alpha value is -0.360. The molecular formula is C38H76O4S2. The van der Waals surface area contributed by atoms with E-state index < -0.39 is 11.9 Å². The first-order valence-electron chi connectivity index (χ1n) is 19.1. The van der Waals surface area contributed by atoms with E-state index in [4.69, 9.17) is 5.11 Å². The second kappa shape index (κ2) is 40.7. The number of carbonyl (C=O) groups is 2. The molecule has 264 valence electrons. The van der Waals surface area contributed by atoms with E-state index in [1.165, 1.54) is 180 Å². The Balaban J connectivity index is 0. The van der Waals surface area contributed by atoms with Crippen molar-refractivity contribution in [1.82, 2.24) is 0 Å². The lowest BCUT2D eigenvalue weighted by Crippen LogP contribution is -2.20. The largest absolute Gasteiger partial charge is 0.481 e. The Morgan fingerprint density at radius 2 is 0.727 bits per heavy atom. The summed E-state index contributed by atoms with van der Waals surface area (Å²) in [5, 5.41) is 17.1. The standard InChI is InChI=1S/C35H70O2S2.C3H6O2/c1-3-5-7-9-11-13-15-17-19-21-23-25-27-29-31-38-33-34(35(36)37)39-32-30-28-26-24-22-20-18-16-14-12-10-8-6-4-2;1-2-3(4)5/h34H,3-33H2,1-2H3,(H,36,37);2H2,1H3,(H,4,5). The number of hydrogen-bond acceptors (Lipinski definition) is 4. The zero-order chi connectivity index (χ0) is 32.8. The fraction of sp³-hybridized carbons (Fsp3) is 0.947. The number of thioether (sulfide) groups is 2. The quantitative estimate of drug-likeness (QED) is 0.0659. The first-order chi connectivity index (χ1) is 21.5. The van der Waals surface area contributed by atoms with Crippen molar-refractivity contribution in [3.05, 3.63) is 0 Å². The second-order valence-electron chi connectivity index (χ2n) is 12.7. The normalized spacial score (nSPS) is 11.7. The summed E-state index contributed by atoms with van der Waals surface area (Å²) in [6.07, 6.45) is 39.0. The predicted octanol–water partition coefficient (Wildman–Crippen LogP) is 13.3. The molecule has 0 aliphatic heterocycles. The molecule has 0 aliphatic carbocycles. The summed E-state index contributed by atoms with van der Waals surface area (Å²) < 4.78 is 0. The molecule has 0 rings (SSSR count). The molecule has 0 saturated heterocycles. The van der Waals surface area contributed by atoms with Crippen LogP contribution in [-0.2, 0) is 9.59 Å². The molecule has 6 heteroatoms. The summed E-state index contributed by atoms with van der Waals surface area (Å²) in [6.45, 7) is 6.17. The highest BCUT2D eigenvalue weighted by molar-refractivity contribution is 8.03. The number of carboxylic acids is 2. The molecule has 0 amide bonds. The maximum atomic E-state index is 11.6. The molecule has 2 N–H and O–H groups in total. The monoisotopic (exact) mass is 661 g/mol. The van der Waals surface area contributed by atoms with E-state index in [0.29, 0.717) is 0 Å². The van der Waals surface area contributed by atoms with Crippen LogP contribution in [0.3, 0.4) is 0 Å². The van der Waals surface area contributed by atoms with E-state index >= 15 is 0 Å². The molecule has 44 heavy (non-hydrogen) atoms. The smallest absolute Gasteiger partial charge is 0.317 e. The Bertz CT molecular complexity index is 573. The van der Waals surface area contributed by atoms with Crippen LogP contribution in [0.25, 0.3) is 0 Å². The van der Waals surface area contributed by atoms with Crippen LogP contribution in [0.2, 0.25) is 0 Å². The van der Waals surface area contributed by atoms with Gasteiger partial charge in [-0.25, -0.2) is 0 Å². The minimum Gasteiger partial charge on any atom is -0.481 e. The van der Waals surface area contributed by atoms with Crippen molar-refractivity contribution in [2.24, 2.45) is 0 Å². The second-order valence-corrected chi connectivity index (χ2v) is 15.2. The van der Waals surface area contributed by atoms with Crippen molar-refractivity contribution < 1.29 is 19.8 Å². The zero-order valence-corrected chi connectivity index (χ0v) is 31.4. The van der Waals surface area contributed by atoms with Crippen LogP contribution in [0.15, 0.2) is 0 Å². The van der Waals surface area contributed by atoms with Gasteiger partial charge in [-0.3, -0.25) is 9.59 Å². The molecule has 0 heterocycles. The lowest BCUT2D eigenvalue weighted by atomic mass is 10.0. The highest BCUT2D eigenvalue weighted by Gasteiger charge is 2.17. The fourth-order valence-corrected chi connectivity index (χ4v) is 7.70. The molecule has 0 aliphatic rings. The average molecular weight is 661 g/mol. The van der Waals surface area contributed by atoms with Crippen molar-refractivity contribution in [2.75, 3.05) is 17.3 Å². The highest BCUT2D eigenvalue weighted by Crippen LogP contribution is 2.21. The average Bonchev–Trinajstić information content (AvgIpc) is 3.01. The lowest BCUT2D eigenvalue weighted by molar-refractivity contribution is -0.137. The zero-order valence-electron chi connectivity index (χ0n) is 29.7. The van der Waals surface area contributed by atoms with Gasteiger partial charge >= 0.3 is 11.9 Å². The molecule has 0 aromatic rings. The van der Waals surface area contributed by atoms with Gasteiger partial charge < -0.3 is 10.2 Å². The molecular weight excluding hydrogens is 585 g/mol. The van der Waals surface area contributed by atoms with Gasteiger partial charge in [-0.2, -0.15) is 11.8 Å². The van der Waals surface area contributed by atoms with E-state index in [1.54, 1.807) is 18.7 Å². The maximum Gasteiger partial charge on any atom is 0.317 e. The van der Waals surface area contributed by atoms with E-state index in [1.807, 2.05) is 11.8 Å². The number of unbranched alkanes of at least 4 members (excludes halogenated alkanes) is 26. The SMILES string of the molecule is CCC(=O)O.CCCCCCCCCCCCCCCCSCC(SCCCCCCCCCCCCCCCC)C(=O)O. The Kier molecular flexibility index (Phi) is 42.3. The maximum absolute atomic E-state index is 11.6. The van der Waals surface area contributed by atoms with Gasteiger partial charge in [0.15, 0.2) is 0 Å². The number of hydrogen-bond donors (Lipinski definition) is 2. The molecule has 0 aromatic carbocycles. The van der Waals surface area contributed by atoms with E-state index in [0.717, 1.165) is 17.3 Å². The summed E-state index contributed by atoms with van der Waals surface area (Å²) in [4.78, 5) is 21.0. The van der Waals surface area contributed by atoms with Crippen molar-refractivity contribution in [3.63, 3.8) is 0 Å². The first kappa shape index (κ1) is 45.8. The Morgan fingerprint density at radius 3 is 1.00 bits per heavy atom. The summed E-state index contributed by atoms with van der Waals surface area (Å²) in [5.74, 6) is 1.55. The molecule has 0 aromatic heterocycles. The van der Waals surface area contributed by atoms with Gasteiger partial charge in [-0.1, -0.05) is 188 Å². The molecule has 0 saturated carbocycles. The van der Waals surface area contributed by atoms with Crippen molar-refractivity contribution in [3.8, 4) is 0 Å². The van der Waals surface area contributed by atoms with E-state index in [2.05, 4.69) is 13.8 Å². The van der Waals surface area contributed by atoms with Gasteiger partial charge in [-0.15, -0.1) is 11.8 Å². The van der Waals surface area contributed by atoms with Crippen molar-refractivity contribution >= 4 is 35.5 Å². The third kappa shape index (κ3) is 41.6. The van der Waals surface area contributed by atoms with E-state index in [9.17, 15) is 14.7 Å². The van der Waals surface area contributed by atoms with Crippen LogP contribution in [0.4, 0.5) is 0 Å². The van der Waals surface area contributed by atoms with Crippen LogP contribution >= 0.6 is 23.5 Å². The van der Waals surface area contributed by atoms with E-state index in [-0.39, 0.29) is 11.7 Å². The van der Waals surface area contributed by atoms with Crippen molar-refractivity contribution in [2.45, 2.75) is 212 Å². The van der Waals surface area contributed by atoms with Crippen LogP contribution in [0.5, 0.6) is 0 Å². The predicted molar refractivity (Wildman–Crippen MR) is 200 cm³/mol. The summed E-state index contributed by atoms with van der Waals surface area (Å²) in [6, 6.07) is 0. The molecule has 4 nitrogen and oxygen atoms in total. The van der Waals surface area contributed by atoms with Gasteiger partial charge in [0.1, 0.15) is 5.25 Å². The van der Waals surface area contributed by atoms with Crippen LogP contribution in [0, 0.1) is 0 Å². The minimum absolute atomic E-state index is 0.219. The molecule has 0 bridgehead atoms. The third-order valence-corrected chi connectivity index (χ3v) is 11.0. The first-order valence-corrected chi connectivity index (χ1v) is 21.3. The highest BCUT2D eigenvalue weighted by atomic mass is 32.2. The minimum atomic E-state index is -0.745. The Labute approximate surface area is 283 Å². The third-order valence-electron chi connectivity index (χ3n) is 8.31. The topological polar surface area (TPSA) is 74.6 Å². The van der Waals surface area contributed by atoms with Crippen LogP contribution < -0.4 is 0 Å². The molecule has 0 fully saturated rings. The van der Waals surface area contributed by atoms with Gasteiger partial charge in [0, 0.05) is 12.2 Å². The number of aliphatic carboxylic acids is 2. The van der Waals surface area contributed by atoms with Gasteiger partial charge in [0.05, 0.1) is 0 Å². The van der Waals surface area contributed by atoms with Gasteiger partial charge in [0.25, 0.3) is 0 Å². The van der Waals surface area contributed by atoms with Crippen LogP contribution in [0.1, 0.15) is 207 Å². The molecule has 0 spiro atoms. The lowest BCUT2D eigenvalue weighted by Gasteiger charge is -2.12. The summed E-state index contributed by atoms with van der Waals surface area (Å²) in [5.41, 5.74) is 0. The fourth-order valence-electron chi connectivity index (χ4n) is 5.30. The molecule has 1 atom stereocenters. The summed E-state index contributed by atoms with van der Waals surface area (Å²) in [7, 11) is 0. The molecule has 1 unspecified atom stereocenters. The van der Waals surface area contributed by atoms with Crippen molar-refractivity contribution in [1.29, 1.82) is 0 Å². The van der Waals surface area contributed by atoms with Crippen LogP contribution in [-0.4, -0.2) is 44.7 Å². The molecule has 0 radical (unpaired) electrons. The number of rotatable bonds is 35. The summed E-state index contributed by atoms with van der Waals surface area (Å²) >= 11 is 3.54. The van der Waals surface area contributed by atoms with Gasteiger partial charge in [0.2, 0.25) is 0 Å². The van der Waals surface area contributed by atoms with Gasteiger partial charge in [-0.05, 0) is 24.3 Å². The number of carboxylic acid groups (broad SMARTS) is 2.